The van der Waals surface area contributed by atoms with E-state index < -0.39 is 0 Å². The zero-order chi connectivity index (χ0) is 18.8. The summed E-state index contributed by atoms with van der Waals surface area (Å²) in [4.78, 5) is 12.7. The summed E-state index contributed by atoms with van der Waals surface area (Å²) in [5, 5.41) is 7.64. The number of fused-ring (bicyclic) bond motifs is 1. The summed E-state index contributed by atoms with van der Waals surface area (Å²) in [6, 6.07) is 14.2. The molecule has 6 heteroatoms. The van der Waals surface area contributed by atoms with E-state index in [0.29, 0.717) is 10.0 Å². The van der Waals surface area contributed by atoms with Crippen LogP contribution >= 0.6 is 15.9 Å². The van der Waals surface area contributed by atoms with Crippen molar-refractivity contribution in [2.75, 3.05) is 0 Å². The average molecular weight is 428 g/mol. The summed E-state index contributed by atoms with van der Waals surface area (Å²) in [5.41, 5.74) is 3.88. The van der Waals surface area contributed by atoms with Crippen molar-refractivity contribution in [1.29, 1.82) is 0 Å². The molecular weight excluding hydrogens is 409 g/mol. The van der Waals surface area contributed by atoms with Gasteiger partial charge in [-0.2, -0.15) is 5.10 Å². The van der Waals surface area contributed by atoms with Gasteiger partial charge >= 0.3 is 0 Å². The summed E-state index contributed by atoms with van der Waals surface area (Å²) >= 11 is 3.27. The van der Waals surface area contributed by atoms with Crippen molar-refractivity contribution in [2.24, 2.45) is 0 Å². The van der Waals surface area contributed by atoms with Gasteiger partial charge in [-0.3, -0.25) is 9.48 Å². The Hall–Kier alpha value is -2.47. The average Bonchev–Trinajstić information content (AvgIpc) is 3.06. The Labute approximate surface area is 165 Å². The maximum Gasteiger partial charge on any atom is 0.252 e. The van der Waals surface area contributed by atoms with Crippen LogP contribution in [0.15, 0.2) is 59.2 Å². The molecule has 0 saturated carbocycles. The Balaban J connectivity index is 1.54. The number of aromatic nitrogens is 2. The fourth-order valence-corrected chi connectivity index (χ4v) is 4.10. The number of benzene rings is 2. The number of halogens is 2. The van der Waals surface area contributed by atoms with Crippen LogP contribution in [0.25, 0.3) is 0 Å². The second kappa shape index (κ2) is 7.64. The third kappa shape index (κ3) is 3.81. The van der Waals surface area contributed by atoms with Gasteiger partial charge in [0.05, 0.1) is 24.3 Å². The van der Waals surface area contributed by atoms with Gasteiger partial charge in [0.2, 0.25) is 0 Å². The van der Waals surface area contributed by atoms with E-state index in [2.05, 4.69) is 38.5 Å². The summed E-state index contributed by atoms with van der Waals surface area (Å²) in [7, 11) is 0. The number of hydrogen-bond acceptors (Lipinski definition) is 2. The topological polar surface area (TPSA) is 46.9 Å². The van der Waals surface area contributed by atoms with Crippen molar-refractivity contribution < 1.29 is 9.18 Å². The summed E-state index contributed by atoms with van der Waals surface area (Å²) in [6.07, 6.45) is 4.68. The Kier molecular flexibility index (Phi) is 5.07. The number of hydrogen-bond donors (Lipinski definition) is 1. The predicted molar refractivity (Wildman–Crippen MR) is 105 cm³/mol. The van der Waals surface area contributed by atoms with Crippen LogP contribution in [-0.4, -0.2) is 15.7 Å². The van der Waals surface area contributed by atoms with Gasteiger partial charge < -0.3 is 5.32 Å². The number of carbonyl (C=O) groups is 1. The van der Waals surface area contributed by atoms with Gasteiger partial charge in [0, 0.05) is 15.7 Å². The van der Waals surface area contributed by atoms with Crippen molar-refractivity contribution >= 4 is 21.8 Å². The van der Waals surface area contributed by atoms with Crippen molar-refractivity contribution in [3.63, 3.8) is 0 Å². The second-order valence-electron chi connectivity index (χ2n) is 6.73. The predicted octanol–water partition coefficient (Wildman–Crippen LogP) is 4.64. The highest BCUT2D eigenvalue weighted by atomic mass is 79.9. The molecule has 0 bridgehead atoms. The van der Waals surface area contributed by atoms with Gasteiger partial charge in [-0.1, -0.05) is 30.3 Å². The highest BCUT2D eigenvalue weighted by Gasteiger charge is 2.26. The molecule has 1 heterocycles. The molecule has 2 aromatic carbocycles. The number of rotatable bonds is 4. The van der Waals surface area contributed by atoms with Crippen LogP contribution in [-0.2, 0) is 13.0 Å². The first-order chi connectivity index (χ1) is 13.1. The van der Waals surface area contributed by atoms with Crippen LogP contribution in [0, 0.1) is 5.82 Å². The maximum atomic E-state index is 13.3. The van der Waals surface area contributed by atoms with Gasteiger partial charge in [0.15, 0.2) is 0 Å². The van der Waals surface area contributed by atoms with Crippen LogP contribution in [0.4, 0.5) is 4.39 Å². The molecule has 0 fully saturated rings. The van der Waals surface area contributed by atoms with Gasteiger partial charge in [-0.15, -0.1) is 0 Å². The third-order valence-corrected chi connectivity index (χ3v) is 5.58. The van der Waals surface area contributed by atoms with Crippen LogP contribution < -0.4 is 5.32 Å². The van der Waals surface area contributed by atoms with E-state index in [4.69, 9.17) is 0 Å². The molecule has 1 atom stereocenters. The molecule has 138 valence electrons. The molecule has 4 nitrogen and oxygen atoms in total. The summed E-state index contributed by atoms with van der Waals surface area (Å²) < 4.78 is 15.8. The molecule has 0 saturated heterocycles. The van der Waals surface area contributed by atoms with E-state index in [9.17, 15) is 9.18 Å². The van der Waals surface area contributed by atoms with E-state index in [0.717, 1.165) is 31.4 Å². The van der Waals surface area contributed by atoms with E-state index in [-0.39, 0.29) is 17.8 Å². The van der Waals surface area contributed by atoms with Crippen LogP contribution in [0.5, 0.6) is 0 Å². The van der Waals surface area contributed by atoms with E-state index in [1.54, 1.807) is 0 Å². The van der Waals surface area contributed by atoms with E-state index in [1.165, 1.54) is 29.5 Å². The highest BCUT2D eigenvalue weighted by Crippen LogP contribution is 2.30. The fourth-order valence-electron chi connectivity index (χ4n) is 3.57. The molecule has 27 heavy (non-hydrogen) atoms. The van der Waals surface area contributed by atoms with Crippen LogP contribution in [0.2, 0.25) is 0 Å². The van der Waals surface area contributed by atoms with Gasteiger partial charge in [-0.25, -0.2) is 4.39 Å². The van der Waals surface area contributed by atoms with Gasteiger partial charge in [-0.05, 0) is 59.0 Å². The van der Waals surface area contributed by atoms with E-state index in [1.807, 2.05) is 29.1 Å². The highest BCUT2D eigenvalue weighted by molar-refractivity contribution is 9.10. The van der Waals surface area contributed by atoms with Crippen molar-refractivity contribution in [3.8, 4) is 0 Å². The Morgan fingerprint density at radius 2 is 2.07 bits per heavy atom. The van der Waals surface area contributed by atoms with Crippen molar-refractivity contribution in [2.45, 2.75) is 31.8 Å². The number of amides is 1. The largest absolute Gasteiger partial charge is 0.345 e. The fraction of sp³-hybridized carbons (Fsp3) is 0.238. The summed E-state index contributed by atoms with van der Waals surface area (Å²) in [6.45, 7) is 0.723. The van der Waals surface area contributed by atoms with E-state index >= 15 is 0 Å². The minimum Gasteiger partial charge on any atom is -0.345 e. The molecule has 3 aromatic rings. The molecule has 0 radical (unpaired) electrons. The van der Waals surface area contributed by atoms with Crippen molar-refractivity contribution in [3.05, 3.63) is 87.4 Å². The van der Waals surface area contributed by atoms with Crippen LogP contribution in [0.1, 0.15) is 46.1 Å². The van der Waals surface area contributed by atoms with Crippen molar-refractivity contribution in [1.82, 2.24) is 15.1 Å². The second-order valence-corrected chi connectivity index (χ2v) is 7.59. The molecular formula is C21H19BrFN3O. The number of nitrogens with one attached hydrogen (secondary N) is 1. The lowest BCUT2D eigenvalue weighted by molar-refractivity contribution is 0.0932. The zero-order valence-electron chi connectivity index (χ0n) is 14.7. The Bertz CT molecular complexity index is 971. The van der Waals surface area contributed by atoms with Gasteiger partial charge in [0.1, 0.15) is 5.82 Å². The lowest BCUT2D eigenvalue weighted by atomic mass is 9.92. The molecule has 0 aliphatic heterocycles. The SMILES string of the molecule is O=C(NC1CCCc2c1cnn2Cc1ccccc1)c1ccc(F)cc1Br. The van der Waals surface area contributed by atoms with Gasteiger partial charge in [0.25, 0.3) is 5.91 Å². The third-order valence-electron chi connectivity index (χ3n) is 4.92. The molecule has 1 N–H and O–H groups in total. The lowest BCUT2D eigenvalue weighted by Gasteiger charge is -2.24. The molecule has 1 aromatic heterocycles. The lowest BCUT2D eigenvalue weighted by Crippen LogP contribution is -2.31. The quantitative estimate of drug-likeness (QED) is 0.658. The first-order valence-electron chi connectivity index (χ1n) is 8.96. The molecule has 1 aliphatic carbocycles. The molecule has 1 amide bonds. The first kappa shape index (κ1) is 17.9. The number of carbonyl (C=O) groups excluding carboxylic acids is 1. The summed E-state index contributed by atoms with van der Waals surface area (Å²) in [5.74, 6) is -0.587. The molecule has 1 aliphatic rings. The van der Waals surface area contributed by atoms with Crippen LogP contribution in [0.3, 0.4) is 0 Å². The molecule has 0 spiro atoms. The number of nitrogens with zero attached hydrogens (tertiary/aromatic N) is 2. The Morgan fingerprint density at radius 3 is 2.85 bits per heavy atom. The monoisotopic (exact) mass is 427 g/mol. The Morgan fingerprint density at radius 1 is 1.26 bits per heavy atom. The standard InChI is InChI=1S/C21H19BrFN3O/c22-18-11-15(23)9-10-16(18)21(27)25-19-7-4-8-20-17(19)12-24-26(20)13-14-5-2-1-3-6-14/h1-3,5-6,9-12,19H,4,7-8,13H2,(H,25,27). The first-order valence-corrected chi connectivity index (χ1v) is 9.75. The zero-order valence-corrected chi connectivity index (χ0v) is 16.2. The smallest absolute Gasteiger partial charge is 0.252 e. The minimum atomic E-state index is -0.374. The molecule has 1 unspecified atom stereocenters. The normalized spacial score (nSPS) is 16.0. The molecule has 4 rings (SSSR count). The maximum absolute atomic E-state index is 13.3. The minimum absolute atomic E-state index is 0.0808.